The Morgan fingerprint density at radius 3 is 2.88 bits per heavy atom. The van der Waals surface area contributed by atoms with Crippen molar-refractivity contribution in [2.45, 2.75) is 26.0 Å². The molecule has 0 unspecified atom stereocenters. The van der Waals surface area contributed by atoms with Crippen molar-refractivity contribution < 1.29 is 9.52 Å². The monoisotopic (exact) mass is 340 g/mol. The summed E-state index contributed by atoms with van der Waals surface area (Å²) in [7, 11) is 0. The molecule has 1 N–H and O–H groups in total. The Morgan fingerprint density at radius 1 is 1.24 bits per heavy atom. The normalized spacial score (nSPS) is 19.4. The van der Waals surface area contributed by atoms with Crippen molar-refractivity contribution >= 4 is 22.9 Å². The molecule has 1 aliphatic rings. The zero-order valence-electron chi connectivity index (χ0n) is 14.2. The summed E-state index contributed by atoms with van der Waals surface area (Å²) in [6.45, 7) is 6.15. The maximum absolute atomic E-state index is 9.68. The van der Waals surface area contributed by atoms with E-state index in [4.69, 9.17) is 4.42 Å². The molecule has 0 radical (unpaired) electrons. The zero-order valence-corrected chi connectivity index (χ0v) is 14.2. The van der Waals surface area contributed by atoms with Crippen LogP contribution in [-0.2, 0) is 0 Å². The summed E-state index contributed by atoms with van der Waals surface area (Å²) in [5, 5.41) is 9.68. The molecule has 2 atom stereocenters. The number of aromatic nitrogens is 4. The highest BCUT2D eigenvalue weighted by molar-refractivity contribution is 5.73. The highest BCUT2D eigenvalue weighted by atomic mass is 16.4. The van der Waals surface area contributed by atoms with Gasteiger partial charge in [-0.05, 0) is 26.0 Å². The van der Waals surface area contributed by atoms with Gasteiger partial charge in [0.1, 0.15) is 17.4 Å². The molecule has 0 saturated carbocycles. The van der Waals surface area contributed by atoms with Gasteiger partial charge in [0, 0.05) is 38.1 Å². The van der Waals surface area contributed by atoms with E-state index in [0.29, 0.717) is 17.4 Å². The molecule has 0 spiro atoms. The van der Waals surface area contributed by atoms with Gasteiger partial charge in [0.25, 0.3) is 6.01 Å². The Balaban J connectivity index is 1.53. The number of nitrogens with zero attached hydrogens (tertiary/aromatic N) is 6. The molecule has 1 aliphatic heterocycles. The first kappa shape index (κ1) is 15.8. The van der Waals surface area contributed by atoms with E-state index in [1.54, 1.807) is 25.5 Å². The lowest BCUT2D eigenvalue weighted by Crippen LogP contribution is -2.52. The van der Waals surface area contributed by atoms with Gasteiger partial charge in [-0.25, -0.2) is 9.97 Å². The largest absolute Gasteiger partial charge is 0.422 e. The van der Waals surface area contributed by atoms with Gasteiger partial charge < -0.3 is 19.3 Å². The van der Waals surface area contributed by atoms with Crippen LogP contribution in [0.2, 0.25) is 0 Å². The van der Waals surface area contributed by atoms with Gasteiger partial charge in [-0.1, -0.05) is 0 Å². The van der Waals surface area contributed by atoms with Crippen molar-refractivity contribution in [2.24, 2.45) is 0 Å². The van der Waals surface area contributed by atoms with E-state index in [2.05, 4.69) is 36.7 Å². The van der Waals surface area contributed by atoms with Gasteiger partial charge in [-0.15, -0.1) is 0 Å². The van der Waals surface area contributed by atoms with Crippen molar-refractivity contribution in [1.82, 2.24) is 19.9 Å². The average Bonchev–Trinajstić information content (AvgIpc) is 3.05. The number of anilines is 2. The molecule has 0 aliphatic carbocycles. The maximum atomic E-state index is 9.68. The number of rotatable bonds is 3. The molecule has 4 rings (SSSR count). The van der Waals surface area contributed by atoms with Crippen LogP contribution in [0.25, 0.3) is 11.1 Å². The number of aliphatic hydroxyl groups is 1. The van der Waals surface area contributed by atoms with Gasteiger partial charge in [0.05, 0.1) is 6.20 Å². The Kier molecular flexibility index (Phi) is 3.96. The first-order chi connectivity index (χ1) is 12.1. The van der Waals surface area contributed by atoms with Crippen molar-refractivity contribution in [3.8, 4) is 0 Å². The molecule has 8 heteroatoms. The van der Waals surface area contributed by atoms with Crippen molar-refractivity contribution in [3.05, 3.63) is 36.5 Å². The SMILES string of the molecule is C[C@@H]1CN(c2ccnc([C@@H](C)O)n2)CCN1c1nc2ccncc2o1. The molecule has 130 valence electrons. The topological polar surface area (TPSA) is 91.4 Å². The number of hydrogen-bond acceptors (Lipinski definition) is 8. The summed E-state index contributed by atoms with van der Waals surface area (Å²) >= 11 is 0. The van der Waals surface area contributed by atoms with Crippen molar-refractivity contribution in [3.63, 3.8) is 0 Å². The molecular formula is C17H20N6O2. The highest BCUT2D eigenvalue weighted by Crippen LogP contribution is 2.26. The Morgan fingerprint density at radius 2 is 2.12 bits per heavy atom. The number of hydrogen-bond donors (Lipinski definition) is 1. The maximum Gasteiger partial charge on any atom is 0.298 e. The molecule has 0 aromatic carbocycles. The second kappa shape index (κ2) is 6.29. The van der Waals surface area contributed by atoms with E-state index in [-0.39, 0.29) is 6.04 Å². The van der Waals surface area contributed by atoms with E-state index < -0.39 is 6.10 Å². The van der Waals surface area contributed by atoms with Crippen LogP contribution in [0.4, 0.5) is 11.8 Å². The molecule has 1 fully saturated rings. The fourth-order valence-electron chi connectivity index (χ4n) is 3.08. The van der Waals surface area contributed by atoms with Gasteiger partial charge in [0.2, 0.25) is 0 Å². The van der Waals surface area contributed by atoms with E-state index in [1.165, 1.54) is 0 Å². The van der Waals surface area contributed by atoms with Crippen molar-refractivity contribution in [2.75, 3.05) is 29.4 Å². The summed E-state index contributed by atoms with van der Waals surface area (Å²) in [6.07, 6.45) is 4.41. The Labute approximate surface area is 145 Å². The standard InChI is InChI=1S/C17H20N6O2/c1-11-10-22(15-4-6-19-16(21-15)12(2)24)7-8-23(11)17-20-13-3-5-18-9-14(13)25-17/h3-6,9,11-12,24H,7-8,10H2,1-2H3/t11-,12-/m1/s1. The van der Waals surface area contributed by atoms with Crippen LogP contribution in [0.15, 0.2) is 35.1 Å². The number of oxazole rings is 1. The molecule has 1 saturated heterocycles. The third-order valence-corrected chi connectivity index (χ3v) is 4.41. The molecule has 3 aromatic heterocycles. The predicted octanol–water partition coefficient (Wildman–Crippen LogP) is 1.78. The van der Waals surface area contributed by atoms with Crippen molar-refractivity contribution in [1.29, 1.82) is 0 Å². The predicted molar refractivity (Wildman–Crippen MR) is 93.5 cm³/mol. The number of fused-ring (bicyclic) bond motifs is 1. The van der Waals surface area contributed by atoms with Crippen LogP contribution in [-0.4, -0.2) is 50.7 Å². The summed E-state index contributed by atoms with van der Waals surface area (Å²) in [4.78, 5) is 21.6. The zero-order chi connectivity index (χ0) is 17.4. The Bertz CT molecular complexity index is 847. The van der Waals surface area contributed by atoms with Crippen LogP contribution in [0.3, 0.4) is 0 Å². The minimum Gasteiger partial charge on any atom is -0.422 e. The van der Waals surface area contributed by atoms with E-state index in [0.717, 1.165) is 31.0 Å². The number of piperazine rings is 1. The van der Waals surface area contributed by atoms with Crippen LogP contribution in [0.5, 0.6) is 0 Å². The van der Waals surface area contributed by atoms with Gasteiger partial charge in [-0.2, -0.15) is 4.98 Å². The second-order valence-corrected chi connectivity index (χ2v) is 6.28. The molecular weight excluding hydrogens is 320 g/mol. The molecule has 3 aromatic rings. The second-order valence-electron chi connectivity index (χ2n) is 6.28. The summed E-state index contributed by atoms with van der Waals surface area (Å²) in [5.41, 5.74) is 1.52. The van der Waals surface area contributed by atoms with Gasteiger partial charge in [-0.3, -0.25) is 4.98 Å². The minimum absolute atomic E-state index is 0.208. The summed E-state index contributed by atoms with van der Waals surface area (Å²) in [5.74, 6) is 1.28. The first-order valence-corrected chi connectivity index (χ1v) is 8.35. The summed E-state index contributed by atoms with van der Waals surface area (Å²) in [6, 6.07) is 4.56. The first-order valence-electron chi connectivity index (χ1n) is 8.35. The molecule has 0 amide bonds. The smallest absolute Gasteiger partial charge is 0.298 e. The van der Waals surface area contributed by atoms with Crippen LogP contribution >= 0.6 is 0 Å². The Hall–Kier alpha value is -2.74. The number of pyridine rings is 1. The van der Waals surface area contributed by atoms with Crippen LogP contribution < -0.4 is 9.80 Å². The average molecular weight is 340 g/mol. The number of aliphatic hydroxyl groups excluding tert-OH is 1. The van der Waals surface area contributed by atoms with Gasteiger partial charge in [0.15, 0.2) is 11.4 Å². The van der Waals surface area contributed by atoms with Gasteiger partial charge >= 0.3 is 0 Å². The fourth-order valence-corrected chi connectivity index (χ4v) is 3.08. The molecule has 8 nitrogen and oxygen atoms in total. The highest BCUT2D eigenvalue weighted by Gasteiger charge is 2.28. The van der Waals surface area contributed by atoms with Crippen LogP contribution in [0, 0.1) is 0 Å². The quantitative estimate of drug-likeness (QED) is 0.771. The van der Waals surface area contributed by atoms with Crippen LogP contribution in [0.1, 0.15) is 25.8 Å². The lowest BCUT2D eigenvalue weighted by Gasteiger charge is -2.39. The molecule has 25 heavy (non-hydrogen) atoms. The van der Waals surface area contributed by atoms with E-state index in [1.807, 2.05) is 12.1 Å². The van der Waals surface area contributed by atoms with E-state index >= 15 is 0 Å². The molecule has 4 heterocycles. The third-order valence-electron chi connectivity index (χ3n) is 4.41. The summed E-state index contributed by atoms with van der Waals surface area (Å²) < 4.78 is 5.84. The minimum atomic E-state index is -0.674. The lowest BCUT2D eigenvalue weighted by atomic mass is 10.2. The lowest BCUT2D eigenvalue weighted by molar-refractivity contribution is 0.189. The van der Waals surface area contributed by atoms with E-state index in [9.17, 15) is 5.11 Å². The fraction of sp³-hybridized carbons (Fsp3) is 0.412. The molecule has 0 bridgehead atoms. The third kappa shape index (κ3) is 3.00.